The van der Waals surface area contributed by atoms with Gasteiger partial charge in [-0.1, -0.05) is 0 Å². The number of amides is 6. The third-order valence-electron chi connectivity index (χ3n) is 7.50. The van der Waals surface area contributed by atoms with Crippen LogP contribution in [0.4, 0.5) is 0 Å². The van der Waals surface area contributed by atoms with Gasteiger partial charge in [0, 0.05) is 68.4 Å². The second kappa shape index (κ2) is 15.4. The van der Waals surface area contributed by atoms with Gasteiger partial charge < -0.3 is 46.9 Å². The maximum atomic E-state index is 13.6. The van der Waals surface area contributed by atoms with E-state index < -0.39 is 65.7 Å². The van der Waals surface area contributed by atoms with E-state index in [9.17, 15) is 28.8 Å². The number of likely N-dealkylation sites (tertiary alicyclic amines) is 1. The second-order valence-electron chi connectivity index (χ2n) is 11.0. The Labute approximate surface area is 263 Å². The van der Waals surface area contributed by atoms with Crippen LogP contribution in [0, 0.1) is 0 Å². The second-order valence-corrected chi connectivity index (χ2v) is 11.0. The fourth-order valence-electron chi connectivity index (χ4n) is 5.17. The third-order valence-corrected chi connectivity index (χ3v) is 7.50. The number of carbonyl (C=O) groups is 6. The smallest absolute Gasteiger partial charge is 0.246 e. The molecule has 1 aliphatic rings. The van der Waals surface area contributed by atoms with Gasteiger partial charge in [0.15, 0.2) is 0 Å². The van der Waals surface area contributed by atoms with Crippen molar-refractivity contribution in [2.45, 2.75) is 76.2 Å². The zero-order valence-corrected chi connectivity index (χ0v) is 25.4. The highest BCUT2D eigenvalue weighted by Crippen LogP contribution is 2.20. The van der Waals surface area contributed by atoms with Crippen molar-refractivity contribution in [3.05, 3.63) is 54.7 Å². The van der Waals surface area contributed by atoms with Crippen LogP contribution < -0.4 is 27.0 Å². The summed E-state index contributed by atoms with van der Waals surface area (Å²) in [5.74, 6) is -3.54. The van der Waals surface area contributed by atoms with E-state index in [1.54, 1.807) is 6.20 Å². The first-order valence-corrected chi connectivity index (χ1v) is 14.7. The van der Waals surface area contributed by atoms with Crippen LogP contribution in [0.15, 0.2) is 37.6 Å². The lowest BCUT2D eigenvalue weighted by Crippen LogP contribution is -2.59. The fraction of sp³-hybridized carbons (Fsp3) is 0.464. The molecule has 3 aromatic rings. The minimum Gasteiger partial charge on any atom is -0.368 e. The summed E-state index contributed by atoms with van der Waals surface area (Å²) in [7, 11) is 0. The SMILES string of the molecule is CC(=O)N[C@@H](Cc1cnc[nH]1)C(=O)N1CCC[C@H]1C(=O)N[C@@H](Cc1cnc[nH]1)C(=O)N[C@@H](C)C(=O)N[C@@H](Cc1cnc[nH]1)C(N)=O. The van der Waals surface area contributed by atoms with Gasteiger partial charge in [-0.2, -0.15) is 0 Å². The van der Waals surface area contributed by atoms with Gasteiger partial charge in [-0.05, 0) is 19.8 Å². The van der Waals surface area contributed by atoms with Gasteiger partial charge in [0.1, 0.15) is 30.2 Å². The molecule has 18 heteroatoms. The minimum absolute atomic E-state index is 0.00462. The van der Waals surface area contributed by atoms with E-state index in [2.05, 4.69) is 51.2 Å². The van der Waals surface area contributed by atoms with Crippen molar-refractivity contribution >= 4 is 35.4 Å². The predicted molar refractivity (Wildman–Crippen MR) is 160 cm³/mol. The number of aromatic nitrogens is 6. The summed E-state index contributed by atoms with van der Waals surface area (Å²) in [5.41, 5.74) is 7.21. The molecule has 3 aromatic heterocycles. The minimum atomic E-state index is -1.16. The molecular formula is C28H38N12O6. The van der Waals surface area contributed by atoms with Crippen LogP contribution in [-0.2, 0) is 48.0 Å². The predicted octanol–water partition coefficient (Wildman–Crippen LogP) is -2.66. The van der Waals surface area contributed by atoms with Crippen molar-refractivity contribution < 1.29 is 28.8 Å². The molecule has 1 aliphatic heterocycles. The van der Waals surface area contributed by atoms with Crippen LogP contribution in [0.25, 0.3) is 0 Å². The number of nitrogens with one attached hydrogen (secondary N) is 7. The van der Waals surface area contributed by atoms with Crippen LogP contribution in [0.3, 0.4) is 0 Å². The van der Waals surface area contributed by atoms with Crippen molar-refractivity contribution in [3.63, 3.8) is 0 Å². The molecule has 0 aliphatic carbocycles. The maximum Gasteiger partial charge on any atom is 0.246 e. The molecule has 0 unspecified atom stereocenters. The Bertz CT molecular complexity index is 1490. The molecule has 0 bridgehead atoms. The molecule has 18 nitrogen and oxygen atoms in total. The summed E-state index contributed by atoms with van der Waals surface area (Å²) in [4.78, 5) is 99.2. The van der Waals surface area contributed by atoms with E-state index in [4.69, 9.17) is 5.73 Å². The van der Waals surface area contributed by atoms with Gasteiger partial charge in [-0.15, -0.1) is 0 Å². The number of hydrogen-bond acceptors (Lipinski definition) is 9. The van der Waals surface area contributed by atoms with Gasteiger partial charge >= 0.3 is 0 Å². The van der Waals surface area contributed by atoms with Crippen molar-refractivity contribution in [2.75, 3.05) is 6.54 Å². The fourth-order valence-corrected chi connectivity index (χ4v) is 5.17. The molecule has 46 heavy (non-hydrogen) atoms. The Morgan fingerprint density at radius 3 is 1.85 bits per heavy atom. The monoisotopic (exact) mass is 638 g/mol. The summed E-state index contributed by atoms with van der Waals surface area (Å²) >= 11 is 0. The Morgan fingerprint density at radius 1 is 0.804 bits per heavy atom. The first kappa shape index (κ1) is 33.3. The number of nitrogens with zero attached hydrogens (tertiary/aromatic N) is 4. The summed E-state index contributed by atoms with van der Waals surface area (Å²) in [6, 6.07) is -5.17. The summed E-state index contributed by atoms with van der Waals surface area (Å²) in [5, 5.41) is 10.5. The molecule has 0 radical (unpaired) electrons. The van der Waals surface area contributed by atoms with Crippen molar-refractivity contribution in [1.82, 2.24) is 56.1 Å². The highest BCUT2D eigenvalue weighted by Gasteiger charge is 2.39. The van der Waals surface area contributed by atoms with Gasteiger partial charge in [-0.3, -0.25) is 28.8 Å². The van der Waals surface area contributed by atoms with Gasteiger partial charge in [-0.25, -0.2) is 15.0 Å². The number of H-pyrrole nitrogens is 3. The zero-order valence-electron chi connectivity index (χ0n) is 25.4. The van der Waals surface area contributed by atoms with E-state index in [1.165, 1.54) is 50.1 Å². The quantitative estimate of drug-likeness (QED) is 0.0862. The van der Waals surface area contributed by atoms with Crippen LogP contribution in [0.5, 0.6) is 0 Å². The van der Waals surface area contributed by atoms with E-state index in [0.717, 1.165) is 0 Å². The first-order valence-electron chi connectivity index (χ1n) is 14.7. The van der Waals surface area contributed by atoms with Gasteiger partial charge in [0.25, 0.3) is 0 Å². The zero-order chi connectivity index (χ0) is 33.2. The average molecular weight is 639 g/mol. The van der Waals surface area contributed by atoms with Gasteiger partial charge in [0.2, 0.25) is 35.4 Å². The molecule has 1 saturated heterocycles. The largest absolute Gasteiger partial charge is 0.368 e. The van der Waals surface area contributed by atoms with E-state index >= 15 is 0 Å². The Kier molecular flexibility index (Phi) is 11.2. The van der Waals surface area contributed by atoms with Crippen molar-refractivity contribution in [2.24, 2.45) is 5.73 Å². The maximum absolute atomic E-state index is 13.6. The van der Waals surface area contributed by atoms with E-state index in [1.807, 2.05) is 0 Å². The van der Waals surface area contributed by atoms with E-state index in [-0.39, 0.29) is 25.8 Å². The highest BCUT2D eigenvalue weighted by atomic mass is 16.2. The normalized spacial score (nSPS) is 16.9. The molecule has 6 amide bonds. The van der Waals surface area contributed by atoms with Crippen LogP contribution in [0.1, 0.15) is 43.8 Å². The van der Waals surface area contributed by atoms with Crippen LogP contribution >= 0.6 is 0 Å². The van der Waals surface area contributed by atoms with Gasteiger partial charge in [0.05, 0.1) is 19.0 Å². The van der Waals surface area contributed by atoms with E-state index in [0.29, 0.717) is 29.9 Å². The standard InChI is InChI=1S/C28H38N12O6/c1-15(25(43)38-20(24(29)42)6-17-9-30-12-33-17)36-26(44)21(7-18-10-31-13-34-18)39-27(45)23-4-3-5-40(23)28(46)22(37-16(2)41)8-19-11-32-14-35-19/h9-15,20-23H,3-8H2,1-2H3,(H2,29,42)(H,30,33)(H,31,34)(H,32,35)(H,36,44)(H,37,41)(H,38,43)(H,39,45)/t15-,20-,21-,22-,23-/m0/s1. The number of rotatable bonds is 15. The topological polar surface area (TPSA) is 266 Å². The summed E-state index contributed by atoms with van der Waals surface area (Å²) < 4.78 is 0. The molecule has 0 aromatic carbocycles. The average Bonchev–Trinajstić information content (AvgIpc) is 3.84. The number of hydrogen-bond donors (Lipinski definition) is 8. The third kappa shape index (κ3) is 8.99. The molecule has 5 atom stereocenters. The summed E-state index contributed by atoms with van der Waals surface area (Å²) in [6.07, 6.45) is 9.94. The number of carbonyl (C=O) groups excluding carboxylic acids is 6. The Hall–Kier alpha value is -5.55. The molecule has 4 rings (SSSR count). The molecule has 1 fully saturated rings. The first-order chi connectivity index (χ1) is 22.0. The van der Waals surface area contributed by atoms with Crippen molar-refractivity contribution in [3.8, 4) is 0 Å². The van der Waals surface area contributed by atoms with Crippen LogP contribution in [-0.4, -0.2) is 107 Å². The number of primary amides is 1. The molecule has 246 valence electrons. The van der Waals surface area contributed by atoms with Crippen molar-refractivity contribution in [1.29, 1.82) is 0 Å². The lowest BCUT2D eigenvalue weighted by Gasteiger charge is -2.29. The summed E-state index contributed by atoms with van der Waals surface area (Å²) in [6.45, 7) is 3.01. The number of aromatic amines is 3. The molecule has 0 saturated carbocycles. The number of nitrogens with two attached hydrogens (primary N) is 1. The lowest BCUT2D eigenvalue weighted by molar-refractivity contribution is -0.142. The lowest BCUT2D eigenvalue weighted by atomic mass is 10.1. The number of imidazole rings is 3. The molecular weight excluding hydrogens is 600 g/mol. The molecule has 9 N–H and O–H groups in total. The van der Waals surface area contributed by atoms with Crippen LogP contribution in [0.2, 0.25) is 0 Å². The molecule has 0 spiro atoms. The Balaban J connectivity index is 1.43. The highest BCUT2D eigenvalue weighted by molar-refractivity contribution is 5.96. The Morgan fingerprint density at radius 2 is 1.35 bits per heavy atom. The molecule has 4 heterocycles.